The van der Waals surface area contributed by atoms with Crippen LogP contribution in [0.5, 0.6) is 5.75 Å². The molecule has 0 aliphatic carbocycles. The number of methoxy groups -OCH3 is 1. The molecule has 0 spiro atoms. The fourth-order valence-corrected chi connectivity index (χ4v) is 5.56. The number of hydrogen-bond donors (Lipinski definition) is 0. The number of Topliss-reactive ketones (excluding diaryl/α,β-unsaturated/α-hetero) is 1. The molecule has 0 aliphatic heterocycles. The average molecular weight is 577 g/mol. The first kappa shape index (κ1) is 35.1. The maximum absolute atomic E-state index is 12.6. The van der Waals surface area contributed by atoms with Crippen LogP contribution < -0.4 is 9.64 Å². The summed E-state index contributed by atoms with van der Waals surface area (Å²) in [5.41, 5.74) is 3.59. The number of aryl methyl sites for hydroxylation is 2. The zero-order valence-corrected chi connectivity index (χ0v) is 26.8. The van der Waals surface area contributed by atoms with E-state index in [0.29, 0.717) is 36.3 Å². The van der Waals surface area contributed by atoms with E-state index in [4.69, 9.17) is 4.74 Å². The molecule has 0 unspecified atom stereocenters. The van der Waals surface area contributed by atoms with Crippen molar-refractivity contribution in [1.82, 2.24) is 14.1 Å². The molecule has 2 aromatic carbocycles. The summed E-state index contributed by atoms with van der Waals surface area (Å²) in [4.78, 5) is 29.2. The molecule has 0 heterocycles. The third kappa shape index (κ3) is 10.9. The van der Waals surface area contributed by atoms with Crippen molar-refractivity contribution in [3.05, 3.63) is 53.1 Å². The zero-order valence-electron chi connectivity index (χ0n) is 25.9. The van der Waals surface area contributed by atoms with Gasteiger partial charge in [-0.05, 0) is 75.3 Å². The highest BCUT2D eigenvalue weighted by molar-refractivity contribution is 7.89. The lowest BCUT2D eigenvalue weighted by molar-refractivity contribution is -0.128. The molecule has 0 saturated heterocycles. The number of likely N-dealkylation sites (N-methyl/N-ethyl adjacent to an activating group) is 3. The monoisotopic (exact) mass is 576 g/mol. The van der Waals surface area contributed by atoms with Gasteiger partial charge in [-0.3, -0.25) is 9.59 Å². The predicted octanol–water partition coefficient (Wildman–Crippen LogP) is 3.96. The highest BCUT2D eigenvalue weighted by Gasteiger charge is 2.26. The minimum Gasteiger partial charge on any atom is -0.497 e. The lowest BCUT2D eigenvalue weighted by Crippen LogP contribution is -2.33. The van der Waals surface area contributed by atoms with Gasteiger partial charge in [0.05, 0.1) is 18.6 Å². The second-order valence-corrected chi connectivity index (χ2v) is 12.4. The van der Waals surface area contributed by atoms with Crippen LogP contribution in [0.1, 0.15) is 43.4 Å². The number of benzene rings is 2. The topological polar surface area (TPSA) is 90.5 Å². The Kier molecular flexibility index (Phi) is 14.3. The number of ketones is 1. The quantitative estimate of drug-likeness (QED) is 0.357. The van der Waals surface area contributed by atoms with Crippen LogP contribution in [0.25, 0.3) is 0 Å². The van der Waals surface area contributed by atoms with Gasteiger partial charge >= 0.3 is 0 Å². The molecule has 2 aromatic rings. The Hall–Kier alpha value is -2.95. The van der Waals surface area contributed by atoms with Crippen LogP contribution in [0.3, 0.4) is 0 Å². The maximum Gasteiger partial charge on any atom is 0.243 e. The fourth-order valence-electron chi connectivity index (χ4n) is 4.00. The van der Waals surface area contributed by atoms with Crippen molar-refractivity contribution in [2.24, 2.45) is 0 Å². The van der Waals surface area contributed by atoms with Gasteiger partial charge in [-0.1, -0.05) is 19.1 Å². The minimum atomic E-state index is -3.68. The van der Waals surface area contributed by atoms with Crippen LogP contribution in [0.2, 0.25) is 0 Å². The van der Waals surface area contributed by atoms with Crippen molar-refractivity contribution in [1.29, 1.82) is 0 Å². The molecule has 0 atom stereocenters. The highest BCUT2D eigenvalue weighted by Crippen LogP contribution is 2.27. The summed E-state index contributed by atoms with van der Waals surface area (Å²) < 4.78 is 31.5. The van der Waals surface area contributed by atoms with Crippen molar-refractivity contribution >= 4 is 27.4 Å². The Morgan fingerprint density at radius 3 is 1.90 bits per heavy atom. The van der Waals surface area contributed by atoms with E-state index in [1.807, 2.05) is 14.0 Å². The summed E-state index contributed by atoms with van der Waals surface area (Å²) >= 11 is 0. The minimum absolute atomic E-state index is 0.0765. The van der Waals surface area contributed by atoms with Crippen molar-refractivity contribution < 1.29 is 22.7 Å². The van der Waals surface area contributed by atoms with Gasteiger partial charge in [0, 0.05) is 59.8 Å². The van der Waals surface area contributed by atoms with E-state index in [1.165, 1.54) is 19.8 Å². The summed E-state index contributed by atoms with van der Waals surface area (Å²) in [6.07, 6.45) is 1.10. The summed E-state index contributed by atoms with van der Waals surface area (Å²) in [5, 5.41) is 0. The lowest BCUT2D eigenvalue weighted by Gasteiger charge is -2.22. The number of carbonyl (C=O) groups excluding carboxylic acids is 2. The van der Waals surface area contributed by atoms with Crippen molar-refractivity contribution in [2.45, 2.75) is 52.0 Å². The molecule has 0 N–H and O–H groups in total. The molecule has 40 heavy (non-hydrogen) atoms. The number of hydrogen-bond acceptors (Lipinski definition) is 7. The summed E-state index contributed by atoms with van der Waals surface area (Å²) in [6.45, 7) is 9.53. The molecule has 2 rings (SSSR count). The van der Waals surface area contributed by atoms with E-state index >= 15 is 0 Å². The smallest absolute Gasteiger partial charge is 0.243 e. The van der Waals surface area contributed by atoms with Crippen molar-refractivity contribution in [3.8, 4) is 5.75 Å². The molecule has 10 heteroatoms. The van der Waals surface area contributed by atoms with E-state index in [1.54, 1.807) is 37.8 Å². The summed E-state index contributed by atoms with van der Waals surface area (Å²) in [7, 11) is 7.37. The van der Waals surface area contributed by atoms with Gasteiger partial charge in [0.2, 0.25) is 15.9 Å². The van der Waals surface area contributed by atoms with E-state index in [2.05, 4.69) is 55.2 Å². The first-order valence-corrected chi connectivity index (χ1v) is 14.9. The van der Waals surface area contributed by atoms with E-state index in [0.717, 1.165) is 23.0 Å². The first-order valence-electron chi connectivity index (χ1n) is 13.4. The number of amides is 1. The molecular weight excluding hydrogens is 528 g/mol. The summed E-state index contributed by atoms with van der Waals surface area (Å²) in [5.74, 6) is 0.633. The Bertz CT molecular complexity index is 1190. The van der Waals surface area contributed by atoms with Crippen molar-refractivity contribution in [3.63, 3.8) is 0 Å². The van der Waals surface area contributed by atoms with Crippen LogP contribution in [0.4, 0.5) is 5.69 Å². The van der Waals surface area contributed by atoms with Gasteiger partial charge in [-0.15, -0.1) is 0 Å². The van der Waals surface area contributed by atoms with E-state index < -0.39 is 10.0 Å². The lowest BCUT2D eigenvalue weighted by atomic mass is 10.1. The van der Waals surface area contributed by atoms with Gasteiger partial charge in [-0.2, -0.15) is 4.31 Å². The van der Waals surface area contributed by atoms with Gasteiger partial charge in [0.25, 0.3) is 0 Å². The third-order valence-corrected chi connectivity index (χ3v) is 8.59. The average Bonchev–Trinajstić information content (AvgIpc) is 2.87. The largest absolute Gasteiger partial charge is 0.497 e. The third-order valence-electron chi connectivity index (χ3n) is 6.48. The molecule has 0 radical (unpaired) electrons. The first-order chi connectivity index (χ1) is 18.6. The van der Waals surface area contributed by atoms with E-state index in [9.17, 15) is 18.0 Å². The molecule has 9 nitrogen and oxygen atoms in total. The number of carbonyl (C=O) groups is 2. The second-order valence-electron chi connectivity index (χ2n) is 10.4. The standard InChI is InChI=1S/C15H25N3O.C15H23NO4S/c1-13(19)18(5)12-14-6-8-15(9-7-14)17(4)11-10-16(2)3;1-6-7-13(17)10-16(4)21(18,19)15-11(2)8-14(20-5)9-12(15)3/h6-9H,10-12H2,1-5H3;8-9H,6-7,10H2,1-5H3. The van der Waals surface area contributed by atoms with Gasteiger partial charge in [0.1, 0.15) is 11.5 Å². The van der Waals surface area contributed by atoms with Crippen LogP contribution in [0, 0.1) is 13.8 Å². The highest BCUT2D eigenvalue weighted by atomic mass is 32.2. The second kappa shape index (κ2) is 16.3. The molecular formula is C30H48N4O5S. The predicted molar refractivity (Wildman–Crippen MR) is 163 cm³/mol. The Balaban J connectivity index is 0.000000402. The zero-order chi connectivity index (χ0) is 30.6. The maximum atomic E-state index is 12.6. The Morgan fingerprint density at radius 1 is 0.900 bits per heavy atom. The van der Waals surface area contributed by atoms with Crippen LogP contribution >= 0.6 is 0 Å². The number of anilines is 1. The molecule has 0 saturated carbocycles. The number of rotatable bonds is 13. The van der Waals surface area contributed by atoms with Crippen LogP contribution in [-0.4, -0.2) is 96.2 Å². The number of sulfonamides is 1. The van der Waals surface area contributed by atoms with Crippen molar-refractivity contribution in [2.75, 3.05) is 66.9 Å². The Labute approximate surface area is 241 Å². The number of nitrogens with zero attached hydrogens (tertiary/aromatic N) is 4. The van der Waals surface area contributed by atoms with E-state index in [-0.39, 0.29) is 23.1 Å². The molecule has 0 aliphatic rings. The summed E-state index contributed by atoms with van der Waals surface area (Å²) in [6, 6.07) is 11.8. The SMILES string of the molecule is CC(=O)N(C)Cc1ccc(N(C)CCN(C)C)cc1.CCCC(=O)CN(C)S(=O)(=O)c1c(C)cc(OC)cc1C. The van der Waals surface area contributed by atoms with Crippen LogP contribution in [-0.2, 0) is 26.2 Å². The molecule has 0 fully saturated rings. The Morgan fingerprint density at radius 2 is 1.45 bits per heavy atom. The van der Waals surface area contributed by atoms with Crippen LogP contribution in [0.15, 0.2) is 41.3 Å². The van der Waals surface area contributed by atoms with Gasteiger partial charge < -0.3 is 19.4 Å². The molecule has 0 aromatic heterocycles. The van der Waals surface area contributed by atoms with Gasteiger partial charge in [0.15, 0.2) is 0 Å². The molecule has 1 amide bonds. The molecule has 224 valence electrons. The number of ether oxygens (including phenoxy) is 1. The normalized spacial score (nSPS) is 11.2. The molecule has 0 bridgehead atoms. The fraction of sp³-hybridized carbons (Fsp3) is 0.533. The van der Waals surface area contributed by atoms with Gasteiger partial charge in [-0.25, -0.2) is 8.42 Å².